The minimum absolute atomic E-state index is 0.157. The molecule has 196 valence electrons. The predicted octanol–water partition coefficient (Wildman–Crippen LogP) is -0.151. The Labute approximate surface area is 201 Å². The van der Waals surface area contributed by atoms with Crippen molar-refractivity contribution in [3.8, 4) is 0 Å². The average Bonchev–Trinajstić information content (AvgIpc) is 3.53. The summed E-state index contributed by atoms with van der Waals surface area (Å²) in [5.74, 6) is 0.673. The van der Waals surface area contributed by atoms with Gasteiger partial charge in [0.25, 0.3) is 0 Å². The first-order valence-electron chi connectivity index (χ1n) is 11.4. The Morgan fingerprint density at radius 2 is 1.97 bits per heavy atom. The molecule has 14 nitrogen and oxygen atoms in total. The minimum atomic E-state index is -4.73. The molecule has 15 heteroatoms. The van der Waals surface area contributed by atoms with E-state index < -0.39 is 57.3 Å². The third kappa shape index (κ3) is 5.22. The topological polar surface area (TPSA) is 202 Å². The monoisotopic (exact) mass is 517 g/mol. The van der Waals surface area contributed by atoms with Gasteiger partial charge in [-0.1, -0.05) is 12.8 Å². The number of aliphatic hydroxyl groups is 3. The van der Waals surface area contributed by atoms with E-state index in [1.165, 1.54) is 24.9 Å². The highest BCUT2D eigenvalue weighted by Crippen LogP contribution is 2.51. The van der Waals surface area contributed by atoms with Crippen molar-refractivity contribution in [2.24, 2.45) is 0 Å². The van der Waals surface area contributed by atoms with Crippen LogP contribution in [0.4, 0.5) is 5.82 Å². The Morgan fingerprint density at radius 3 is 2.60 bits per heavy atom. The number of rotatable bonds is 10. The summed E-state index contributed by atoms with van der Waals surface area (Å²) in [6, 6.07) is 0.245. The number of hydrogen-bond donors (Lipinski definition) is 6. The molecule has 4 rings (SSSR count). The van der Waals surface area contributed by atoms with Crippen LogP contribution in [0.2, 0.25) is 0 Å². The molecule has 0 aromatic carbocycles. The smallest absolute Gasteiger partial charge is 0.359 e. The number of hydrogen-bond acceptors (Lipinski definition) is 11. The highest BCUT2D eigenvalue weighted by Gasteiger charge is 2.49. The number of methoxy groups -OCH3 is 1. The van der Waals surface area contributed by atoms with E-state index in [2.05, 4.69) is 20.4 Å². The van der Waals surface area contributed by atoms with Crippen LogP contribution in [0.5, 0.6) is 0 Å². The second-order valence-corrected chi connectivity index (χ2v) is 11.1. The van der Waals surface area contributed by atoms with Crippen LogP contribution in [0.1, 0.15) is 44.7 Å². The van der Waals surface area contributed by atoms with E-state index in [-0.39, 0.29) is 11.9 Å². The largest absolute Gasteiger partial charge is 0.388 e. The molecule has 5 atom stereocenters. The molecule has 0 spiro atoms. The zero-order chi connectivity index (χ0) is 25.4. The molecular formula is C20H32N5O9P. The number of anilines is 1. The number of nitrogens with one attached hydrogen (secondary N) is 1. The SMILES string of the molecule is COCC(C)(OC[C@H]1O[C@H](n2ncc3c(NC4CCCC4)nc(CO)nc32)[C@H](O)[C@@H]1O)P(=O)(O)O. The lowest BCUT2D eigenvalue weighted by Gasteiger charge is -2.31. The fourth-order valence-electron chi connectivity index (χ4n) is 4.41. The summed E-state index contributed by atoms with van der Waals surface area (Å²) in [7, 11) is -3.45. The van der Waals surface area contributed by atoms with E-state index in [0.29, 0.717) is 16.9 Å². The van der Waals surface area contributed by atoms with Gasteiger partial charge in [-0.2, -0.15) is 5.10 Å². The molecule has 2 fully saturated rings. The molecule has 0 bridgehead atoms. The Morgan fingerprint density at radius 1 is 1.26 bits per heavy atom. The highest BCUT2D eigenvalue weighted by atomic mass is 31.2. The van der Waals surface area contributed by atoms with Crippen LogP contribution in [0.15, 0.2) is 6.20 Å². The molecule has 2 aliphatic rings. The quantitative estimate of drug-likeness (QED) is 0.227. The van der Waals surface area contributed by atoms with Gasteiger partial charge < -0.3 is 44.6 Å². The molecule has 2 aromatic rings. The van der Waals surface area contributed by atoms with Gasteiger partial charge in [-0.25, -0.2) is 14.6 Å². The third-order valence-corrected chi connectivity index (χ3v) is 7.99. The van der Waals surface area contributed by atoms with Gasteiger partial charge in [0.1, 0.15) is 30.7 Å². The van der Waals surface area contributed by atoms with Crippen molar-refractivity contribution in [3.05, 3.63) is 12.0 Å². The van der Waals surface area contributed by atoms with E-state index in [1.807, 2.05) is 0 Å². The maximum Gasteiger partial charge on any atom is 0.359 e. The first-order valence-corrected chi connectivity index (χ1v) is 13.0. The molecule has 1 aliphatic carbocycles. The molecule has 1 saturated carbocycles. The summed E-state index contributed by atoms with van der Waals surface area (Å²) in [5.41, 5.74) is 0.293. The van der Waals surface area contributed by atoms with Crippen molar-refractivity contribution >= 4 is 24.4 Å². The van der Waals surface area contributed by atoms with Crippen LogP contribution in [0.25, 0.3) is 11.0 Å². The van der Waals surface area contributed by atoms with Crippen LogP contribution in [0, 0.1) is 0 Å². The van der Waals surface area contributed by atoms with Gasteiger partial charge >= 0.3 is 7.60 Å². The average molecular weight is 517 g/mol. The fourth-order valence-corrected chi connectivity index (χ4v) is 4.95. The van der Waals surface area contributed by atoms with E-state index in [9.17, 15) is 29.7 Å². The second-order valence-electron chi connectivity index (χ2n) is 9.11. The molecule has 1 saturated heterocycles. The van der Waals surface area contributed by atoms with E-state index >= 15 is 0 Å². The summed E-state index contributed by atoms with van der Waals surface area (Å²) in [6.07, 6.45) is 0.607. The van der Waals surface area contributed by atoms with Crippen molar-refractivity contribution in [1.82, 2.24) is 19.7 Å². The first-order chi connectivity index (χ1) is 16.6. The molecule has 1 unspecified atom stereocenters. The number of fused-ring (bicyclic) bond motifs is 1. The standard InChI is InChI=1S/C20H32N5O9P/c1-20(10-32-2,35(29,30)31)33-9-13-15(27)16(28)19(34-13)25-18-12(7-21-25)17(23-14(8-26)24-18)22-11-5-3-4-6-11/h7,11,13,15-16,19,26-28H,3-6,8-10H2,1-2H3,(H,22,23,24)(H2,29,30,31)/t13-,15-,16-,19+,20?/m1/s1. The van der Waals surface area contributed by atoms with Gasteiger partial charge in [0.15, 0.2) is 23.0 Å². The van der Waals surface area contributed by atoms with Gasteiger partial charge in [0.05, 0.1) is 24.8 Å². The third-order valence-electron chi connectivity index (χ3n) is 6.50. The van der Waals surface area contributed by atoms with E-state index in [4.69, 9.17) is 14.2 Å². The van der Waals surface area contributed by atoms with Crippen LogP contribution in [0.3, 0.4) is 0 Å². The molecule has 0 amide bonds. The lowest BCUT2D eigenvalue weighted by atomic mass is 10.1. The van der Waals surface area contributed by atoms with Crippen LogP contribution in [-0.4, -0.2) is 94.9 Å². The lowest BCUT2D eigenvalue weighted by Crippen LogP contribution is -2.40. The van der Waals surface area contributed by atoms with Crippen molar-refractivity contribution in [2.45, 2.75) is 75.1 Å². The molecule has 0 radical (unpaired) electrons. The Hall–Kier alpha value is -1.74. The van der Waals surface area contributed by atoms with Gasteiger partial charge in [-0.15, -0.1) is 0 Å². The Bertz CT molecular complexity index is 1070. The van der Waals surface area contributed by atoms with Crippen LogP contribution < -0.4 is 5.32 Å². The summed E-state index contributed by atoms with van der Waals surface area (Å²) in [5, 5.41) is 37.2. The minimum Gasteiger partial charge on any atom is -0.388 e. The molecule has 35 heavy (non-hydrogen) atoms. The predicted molar refractivity (Wildman–Crippen MR) is 121 cm³/mol. The molecule has 6 N–H and O–H groups in total. The zero-order valence-electron chi connectivity index (χ0n) is 19.5. The van der Waals surface area contributed by atoms with Crippen LogP contribution in [-0.2, 0) is 25.4 Å². The fraction of sp³-hybridized carbons (Fsp3) is 0.750. The van der Waals surface area contributed by atoms with Crippen LogP contribution >= 0.6 is 7.60 Å². The number of nitrogens with zero attached hydrogens (tertiary/aromatic N) is 4. The summed E-state index contributed by atoms with van der Waals surface area (Å²) >= 11 is 0. The Kier molecular flexibility index (Phi) is 7.77. The molecule has 3 heterocycles. The second kappa shape index (κ2) is 10.3. The van der Waals surface area contributed by atoms with Gasteiger partial charge in [0.2, 0.25) is 0 Å². The number of aliphatic hydroxyl groups excluding tert-OH is 3. The summed E-state index contributed by atoms with van der Waals surface area (Å²) < 4.78 is 29.3. The molecule has 1 aliphatic heterocycles. The van der Waals surface area contributed by atoms with Crippen molar-refractivity contribution < 1.29 is 43.9 Å². The number of aromatic nitrogens is 4. The highest BCUT2D eigenvalue weighted by molar-refractivity contribution is 7.53. The first kappa shape index (κ1) is 26.3. The van der Waals surface area contributed by atoms with Gasteiger partial charge in [0, 0.05) is 13.2 Å². The Balaban J connectivity index is 1.57. The zero-order valence-corrected chi connectivity index (χ0v) is 20.4. The maximum absolute atomic E-state index is 11.9. The van der Waals surface area contributed by atoms with Gasteiger partial charge in [-0.3, -0.25) is 4.57 Å². The van der Waals surface area contributed by atoms with Crippen molar-refractivity contribution in [1.29, 1.82) is 0 Å². The summed E-state index contributed by atoms with van der Waals surface area (Å²) in [4.78, 5) is 28.0. The number of ether oxygens (including phenoxy) is 3. The van der Waals surface area contributed by atoms with E-state index in [1.54, 1.807) is 0 Å². The maximum atomic E-state index is 11.9. The normalized spacial score (nSPS) is 27.5. The summed E-state index contributed by atoms with van der Waals surface area (Å²) in [6.45, 7) is -0.0361. The molecular weight excluding hydrogens is 485 g/mol. The van der Waals surface area contributed by atoms with E-state index in [0.717, 1.165) is 25.7 Å². The van der Waals surface area contributed by atoms with Crippen molar-refractivity contribution in [3.63, 3.8) is 0 Å². The molecule has 2 aromatic heterocycles. The lowest BCUT2D eigenvalue weighted by molar-refractivity contribution is -0.107. The van der Waals surface area contributed by atoms with Gasteiger partial charge in [-0.05, 0) is 19.8 Å². The van der Waals surface area contributed by atoms with Crippen molar-refractivity contribution in [2.75, 3.05) is 25.6 Å².